The van der Waals surface area contributed by atoms with E-state index in [4.69, 9.17) is 0 Å². The average molecular weight is 120 g/mol. The maximum atomic E-state index is 3.44. The van der Waals surface area contributed by atoms with Crippen LogP contribution >= 0.6 is 0 Å². The summed E-state index contributed by atoms with van der Waals surface area (Å²) in [5.74, 6) is 0. The van der Waals surface area contributed by atoms with Gasteiger partial charge in [0.25, 0.3) is 0 Å². The third-order valence-corrected chi connectivity index (χ3v) is 2.35. The second kappa shape index (κ2) is 2.17. The SMILES string of the molecule is [C]1CCC2=C1CCCC2. The van der Waals surface area contributed by atoms with Gasteiger partial charge in [0.15, 0.2) is 0 Å². The first-order valence-electron chi connectivity index (χ1n) is 3.91. The van der Waals surface area contributed by atoms with Crippen LogP contribution in [0, 0.1) is 6.42 Å². The highest BCUT2D eigenvalue weighted by molar-refractivity contribution is 5.29. The van der Waals surface area contributed by atoms with Crippen molar-refractivity contribution in [2.75, 3.05) is 0 Å². The Bertz CT molecular complexity index is 126. The van der Waals surface area contributed by atoms with E-state index in [-0.39, 0.29) is 0 Å². The molecule has 0 fully saturated rings. The normalized spacial score (nSPS) is 26.7. The highest BCUT2D eigenvalue weighted by atomic mass is 14.2. The molecule has 0 amide bonds. The van der Waals surface area contributed by atoms with Gasteiger partial charge in [-0.15, -0.1) is 0 Å². The molecule has 0 aromatic rings. The van der Waals surface area contributed by atoms with E-state index in [0.29, 0.717) is 0 Å². The maximum Gasteiger partial charge on any atom is 0.0123 e. The van der Waals surface area contributed by atoms with Crippen molar-refractivity contribution in [2.24, 2.45) is 0 Å². The monoisotopic (exact) mass is 120 g/mol. The van der Waals surface area contributed by atoms with Crippen molar-refractivity contribution in [3.8, 4) is 0 Å². The van der Waals surface area contributed by atoms with Crippen LogP contribution in [-0.4, -0.2) is 0 Å². The zero-order valence-electron chi connectivity index (χ0n) is 5.74. The molecule has 0 aromatic heterocycles. The molecule has 0 saturated carbocycles. The summed E-state index contributed by atoms with van der Waals surface area (Å²) in [5.41, 5.74) is 3.31. The van der Waals surface area contributed by atoms with Crippen LogP contribution < -0.4 is 0 Å². The number of allylic oxidation sites excluding steroid dienone is 2. The van der Waals surface area contributed by atoms with Gasteiger partial charge >= 0.3 is 0 Å². The zero-order chi connectivity index (χ0) is 6.10. The van der Waals surface area contributed by atoms with Crippen LogP contribution in [0.2, 0.25) is 0 Å². The lowest BCUT2D eigenvalue weighted by Gasteiger charge is -2.12. The molecular weight excluding hydrogens is 108 g/mol. The minimum Gasteiger partial charge on any atom is -0.0703 e. The molecule has 0 N–H and O–H groups in total. The third kappa shape index (κ3) is 0.910. The Morgan fingerprint density at radius 3 is 2.78 bits per heavy atom. The van der Waals surface area contributed by atoms with Crippen molar-refractivity contribution in [3.63, 3.8) is 0 Å². The van der Waals surface area contributed by atoms with Gasteiger partial charge in [-0.05, 0) is 38.5 Å². The molecule has 0 nitrogen and oxygen atoms in total. The number of hydrogen-bond donors (Lipinski definition) is 0. The second-order valence-electron chi connectivity index (χ2n) is 2.97. The first-order chi connectivity index (χ1) is 4.47. The van der Waals surface area contributed by atoms with Gasteiger partial charge in [0.05, 0.1) is 0 Å². The number of hydrogen-bond acceptors (Lipinski definition) is 0. The summed E-state index contributed by atoms with van der Waals surface area (Å²) in [6.45, 7) is 0. The zero-order valence-corrected chi connectivity index (χ0v) is 5.74. The minimum atomic E-state index is 1.21. The van der Waals surface area contributed by atoms with Gasteiger partial charge < -0.3 is 0 Å². The summed E-state index contributed by atoms with van der Waals surface area (Å²) in [6, 6.07) is 0. The van der Waals surface area contributed by atoms with Crippen LogP contribution in [0.15, 0.2) is 11.1 Å². The smallest absolute Gasteiger partial charge is 0.0123 e. The molecule has 0 unspecified atom stereocenters. The summed E-state index contributed by atoms with van der Waals surface area (Å²) in [6.07, 6.45) is 11.5. The topological polar surface area (TPSA) is 0 Å². The molecule has 0 aliphatic heterocycles. The predicted molar refractivity (Wildman–Crippen MR) is 38.0 cm³/mol. The van der Waals surface area contributed by atoms with Crippen molar-refractivity contribution in [3.05, 3.63) is 17.6 Å². The van der Waals surface area contributed by atoms with Crippen LogP contribution in [0.3, 0.4) is 0 Å². The quantitative estimate of drug-likeness (QED) is 0.461. The van der Waals surface area contributed by atoms with Gasteiger partial charge in [-0.2, -0.15) is 0 Å². The summed E-state index contributed by atoms with van der Waals surface area (Å²) >= 11 is 0. The number of rotatable bonds is 0. The minimum absolute atomic E-state index is 1.21. The van der Waals surface area contributed by atoms with E-state index in [1.807, 2.05) is 0 Å². The summed E-state index contributed by atoms with van der Waals surface area (Å²) in [4.78, 5) is 0. The molecule has 48 valence electrons. The van der Waals surface area contributed by atoms with E-state index in [2.05, 4.69) is 6.42 Å². The van der Waals surface area contributed by atoms with Gasteiger partial charge in [-0.1, -0.05) is 11.1 Å². The Hall–Kier alpha value is -0.260. The van der Waals surface area contributed by atoms with Crippen molar-refractivity contribution < 1.29 is 0 Å². The lowest BCUT2D eigenvalue weighted by Crippen LogP contribution is -1.92. The van der Waals surface area contributed by atoms with Crippen molar-refractivity contribution >= 4 is 0 Å². The molecule has 2 aliphatic rings. The van der Waals surface area contributed by atoms with Crippen LogP contribution in [0.25, 0.3) is 0 Å². The van der Waals surface area contributed by atoms with Gasteiger partial charge in [-0.3, -0.25) is 0 Å². The Kier molecular flexibility index (Phi) is 1.33. The second-order valence-corrected chi connectivity index (χ2v) is 2.97. The molecular formula is C9H12. The highest BCUT2D eigenvalue weighted by Gasteiger charge is 2.17. The molecule has 0 saturated heterocycles. The predicted octanol–water partition coefficient (Wildman–Crippen LogP) is 2.73. The molecule has 2 rings (SSSR count). The van der Waals surface area contributed by atoms with Gasteiger partial charge in [-0.25, -0.2) is 0 Å². The Morgan fingerprint density at radius 1 is 1.00 bits per heavy atom. The molecule has 0 heteroatoms. The first-order valence-corrected chi connectivity index (χ1v) is 3.91. The maximum absolute atomic E-state index is 3.44. The van der Waals surface area contributed by atoms with Crippen LogP contribution in [0.5, 0.6) is 0 Å². The lowest BCUT2D eigenvalue weighted by molar-refractivity contribution is 0.679. The fourth-order valence-electron chi connectivity index (χ4n) is 1.82. The van der Waals surface area contributed by atoms with Gasteiger partial charge in [0.2, 0.25) is 0 Å². The van der Waals surface area contributed by atoms with Crippen molar-refractivity contribution in [2.45, 2.75) is 38.5 Å². The molecule has 9 heavy (non-hydrogen) atoms. The molecule has 0 aromatic carbocycles. The largest absolute Gasteiger partial charge is 0.0703 e. The average Bonchev–Trinajstić information content (AvgIpc) is 2.33. The van der Waals surface area contributed by atoms with E-state index in [0.717, 1.165) is 0 Å². The van der Waals surface area contributed by atoms with Crippen LogP contribution in [0.4, 0.5) is 0 Å². The van der Waals surface area contributed by atoms with E-state index < -0.39 is 0 Å². The Morgan fingerprint density at radius 2 is 1.89 bits per heavy atom. The lowest BCUT2D eigenvalue weighted by atomic mass is 9.94. The molecule has 0 bridgehead atoms. The van der Waals surface area contributed by atoms with Gasteiger partial charge in [0, 0.05) is 6.42 Å². The van der Waals surface area contributed by atoms with Crippen LogP contribution in [0.1, 0.15) is 38.5 Å². The van der Waals surface area contributed by atoms with E-state index >= 15 is 0 Å². The van der Waals surface area contributed by atoms with E-state index in [1.54, 1.807) is 11.1 Å². The Balaban J connectivity index is 2.17. The molecule has 0 heterocycles. The van der Waals surface area contributed by atoms with E-state index in [9.17, 15) is 0 Å². The molecule has 2 radical (unpaired) electrons. The fourth-order valence-corrected chi connectivity index (χ4v) is 1.82. The first kappa shape index (κ1) is 5.52. The highest BCUT2D eigenvalue weighted by Crippen LogP contribution is 2.35. The summed E-state index contributed by atoms with van der Waals surface area (Å²) in [5, 5.41) is 0. The van der Waals surface area contributed by atoms with Crippen molar-refractivity contribution in [1.82, 2.24) is 0 Å². The van der Waals surface area contributed by atoms with Crippen LogP contribution in [-0.2, 0) is 0 Å². The molecule has 0 spiro atoms. The summed E-state index contributed by atoms with van der Waals surface area (Å²) < 4.78 is 0. The Labute approximate surface area is 57.0 Å². The van der Waals surface area contributed by atoms with E-state index in [1.165, 1.54) is 38.5 Å². The fraction of sp³-hybridized carbons (Fsp3) is 0.667. The van der Waals surface area contributed by atoms with Gasteiger partial charge in [0.1, 0.15) is 0 Å². The third-order valence-electron chi connectivity index (χ3n) is 2.35. The molecule has 2 aliphatic carbocycles. The van der Waals surface area contributed by atoms with Crippen molar-refractivity contribution in [1.29, 1.82) is 0 Å². The summed E-state index contributed by atoms with van der Waals surface area (Å²) in [7, 11) is 0. The molecule has 0 atom stereocenters. The standard InChI is InChI=1S/C9H12/c1-2-5-9-7-3-6-8(9)4-1/h1-6H2.